The number of hydrogen-bond acceptors (Lipinski definition) is 2. The van der Waals surface area contributed by atoms with Gasteiger partial charge >= 0.3 is 0 Å². The van der Waals surface area contributed by atoms with Crippen molar-refractivity contribution in [2.75, 3.05) is 14.2 Å². The highest BCUT2D eigenvalue weighted by Gasteiger charge is 2.11. The van der Waals surface area contributed by atoms with Crippen molar-refractivity contribution in [3.05, 3.63) is 23.5 Å². The van der Waals surface area contributed by atoms with Gasteiger partial charge in [-0.2, -0.15) is 0 Å². The molecule has 0 spiro atoms. The molecule has 0 aliphatic carbocycles. The summed E-state index contributed by atoms with van der Waals surface area (Å²) in [6.45, 7) is -0.876. The molecule has 0 N–H and O–H groups in total. The molecule has 0 heterocycles. The number of rotatable bonds is 3. The first kappa shape index (κ1) is 9.77. The van der Waals surface area contributed by atoms with Crippen LogP contribution in [0.25, 0.3) is 0 Å². The molecule has 0 aromatic heterocycles. The zero-order valence-electron chi connectivity index (χ0n) is 7.43. The number of halogens is 2. The van der Waals surface area contributed by atoms with Gasteiger partial charge in [0.25, 0.3) is 0 Å². The SMILES string of the molecule is COc1cc(CF)c(F)c(OC)c1. The molecule has 0 unspecified atom stereocenters. The quantitative estimate of drug-likeness (QED) is 0.724. The Labute approximate surface area is 75.1 Å². The molecule has 0 saturated carbocycles. The summed E-state index contributed by atoms with van der Waals surface area (Å²) in [6.07, 6.45) is 0. The molecule has 0 saturated heterocycles. The van der Waals surface area contributed by atoms with E-state index in [1.807, 2.05) is 0 Å². The largest absolute Gasteiger partial charge is 0.497 e. The van der Waals surface area contributed by atoms with Gasteiger partial charge in [0.1, 0.15) is 12.4 Å². The van der Waals surface area contributed by atoms with E-state index in [9.17, 15) is 8.78 Å². The summed E-state index contributed by atoms with van der Waals surface area (Å²) in [6, 6.07) is 2.67. The third kappa shape index (κ3) is 1.88. The van der Waals surface area contributed by atoms with E-state index in [0.29, 0.717) is 5.75 Å². The lowest BCUT2D eigenvalue weighted by Gasteiger charge is -2.07. The predicted molar refractivity (Wildman–Crippen MR) is 44.3 cm³/mol. The van der Waals surface area contributed by atoms with Crippen LogP contribution in [0.1, 0.15) is 5.56 Å². The molecule has 13 heavy (non-hydrogen) atoms. The van der Waals surface area contributed by atoms with Gasteiger partial charge in [-0.05, 0) is 6.07 Å². The van der Waals surface area contributed by atoms with Gasteiger partial charge in [-0.15, -0.1) is 0 Å². The summed E-state index contributed by atoms with van der Waals surface area (Å²) < 4.78 is 35.0. The van der Waals surface area contributed by atoms with Crippen molar-refractivity contribution in [3.63, 3.8) is 0 Å². The maximum Gasteiger partial charge on any atom is 0.171 e. The number of methoxy groups -OCH3 is 2. The molecule has 0 atom stereocenters. The molecule has 2 nitrogen and oxygen atoms in total. The Hall–Kier alpha value is -1.32. The molecule has 0 aliphatic rings. The maximum atomic E-state index is 13.2. The Balaban J connectivity index is 3.20. The summed E-state index contributed by atoms with van der Waals surface area (Å²) in [4.78, 5) is 0. The Morgan fingerprint density at radius 3 is 2.38 bits per heavy atom. The lowest BCUT2D eigenvalue weighted by atomic mass is 10.2. The van der Waals surface area contributed by atoms with E-state index in [2.05, 4.69) is 0 Å². The zero-order valence-corrected chi connectivity index (χ0v) is 7.43. The van der Waals surface area contributed by atoms with E-state index >= 15 is 0 Å². The second kappa shape index (κ2) is 4.07. The summed E-state index contributed by atoms with van der Waals surface area (Å²) in [5.41, 5.74) is -0.0591. The van der Waals surface area contributed by atoms with Crippen LogP contribution in [0.15, 0.2) is 12.1 Å². The van der Waals surface area contributed by atoms with Crippen LogP contribution in [0, 0.1) is 5.82 Å². The summed E-state index contributed by atoms with van der Waals surface area (Å²) in [5.74, 6) is -0.302. The fourth-order valence-electron chi connectivity index (χ4n) is 0.991. The third-order valence-electron chi connectivity index (χ3n) is 1.69. The molecule has 1 rings (SSSR count). The highest BCUT2D eigenvalue weighted by Crippen LogP contribution is 2.27. The molecule has 4 heteroatoms. The summed E-state index contributed by atoms with van der Waals surface area (Å²) >= 11 is 0. The van der Waals surface area contributed by atoms with Crippen molar-refractivity contribution in [2.45, 2.75) is 6.67 Å². The van der Waals surface area contributed by atoms with E-state index in [-0.39, 0.29) is 11.3 Å². The Morgan fingerprint density at radius 1 is 1.23 bits per heavy atom. The molecule has 0 amide bonds. The Morgan fingerprint density at radius 2 is 1.92 bits per heavy atom. The van der Waals surface area contributed by atoms with Crippen molar-refractivity contribution in [3.8, 4) is 11.5 Å². The van der Waals surface area contributed by atoms with Crippen LogP contribution >= 0.6 is 0 Å². The van der Waals surface area contributed by atoms with E-state index in [4.69, 9.17) is 9.47 Å². The maximum absolute atomic E-state index is 13.2. The van der Waals surface area contributed by atoms with Crippen LogP contribution in [0.2, 0.25) is 0 Å². The average molecular weight is 188 g/mol. The molecule has 0 fully saturated rings. The van der Waals surface area contributed by atoms with Gasteiger partial charge in [0.05, 0.1) is 14.2 Å². The minimum atomic E-state index is -0.876. The molecule has 0 bridgehead atoms. The van der Waals surface area contributed by atoms with Crippen LogP contribution < -0.4 is 9.47 Å². The van der Waals surface area contributed by atoms with Gasteiger partial charge in [-0.1, -0.05) is 0 Å². The van der Waals surface area contributed by atoms with Crippen LogP contribution in [-0.2, 0) is 6.67 Å². The summed E-state index contributed by atoms with van der Waals surface area (Å²) in [5, 5.41) is 0. The van der Waals surface area contributed by atoms with Crippen LogP contribution in [0.4, 0.5) is 8.78 Å². The lowest BCUT2D eigenvalue weighted by molar-refractivity contribution is 0.364. The Kier molecular flexibility index (Phi) is 3.06. The average Bonchev–Trinajstić information content (AvgIpc) is 2.18. The van der Waals surface area contributed by atoms with Crippen LogP contribution in [0.5, 0.6) is 11.5 Å². The van der Waals surface area contributed by atoms with E-state index in [0.717, 1.165) is 0 Å². The van der Waals surface area contributed by atoms with Crippen molar-refractivity contribution < 1.29 is 18.3 Å². The molecular weight excluding hydrogens is 178 g/mol. The van der Waals surface area contributed by atoms with E-state index in [1.165, 1.54) is 26.4 Å². The van der Waals surface area contributed by atoms with Gasteiger partial charge in [-0.25, -0.2) is 8.78 Å². The molecular formula is C9H10F2O2. The topological polar surface area (TPSA) is 18.5 Å². The first-order valence-corrected chi connectivity index (χ1v) is 3.69. The second-order valence-electron chi connectivity index (χ2n) is 2.44. The fraction of sp³-hybridized carbons (Fsp3) is 0.333. The number of benzene rings is 1. The third-order valence-corrected chi connectivity index (χ3v) is 1.69. The molecule has 72 valence electrons. The highest BCUT2D eigenvalue weighted by molar-refractivity contribution is 5.39. The second-order valence-corrected chi connectivity index (χ2v) is 2.44. The van der Waals surface area contributed by atoms with Gasteiger partial charge in [-0.3, -0.25) is 0 Å². The van der Waals surface area contributed by atoms with E-state index < -0.39 is 12.5 Å². The monoisotopic (exact) mass is 188 g/mol. The van der Waals surface area contributed by atoms with E-state index in [1.54, 1.807) is 0 Å². The van der Waals surface area contributed by atoms with Crippen molar-refractivity contribution in [2.24, 2.45) is 0 Å². The molecule has 1 aromatic rings. The first-order valence-electron chi connectivity index (χ1n) is 3.69. The molecule has 0 aliphatic heterocycles. The highest BCUT2D eigenvalue weighted by atomic mass is 19.1. The van der Waals surface area contributed by atoms with Crippen LogP contribution in [-0.4, -0.2) is 14.2 Å². The van der Waals surface area contributed by atoms with Gasteiger partial charge in [0.15, 0.2) is 11.6 Å². The standard InChI is InChI=1S/C9H10F2O2/c1-12-7-3-6(5-10)9(11)8(4-7)13-2/h3-4H,5H2,1-2H3. The molecule has 1 aromatic carbocycles. The minimum Gasteiger partial charge on any atom is -0.497 e. The minimum absolute atomic E-state index is 0.00741. The zero-order chi connectivity index (χ0) is 9.84. The first-order chi connectivity index (χ1) is 6.22. The van der Waals surface area contributed by atoms with Crippen molar-refractivity contribution in [1.29, 1.82) is 0 Å². The van der Waals surface area contributed by atoms with Crippen molar-refractivity contribution in [1.82, 2.24) is 0 Å². The smallest absolute Gasteiger partial charge is 0.171 e. The normalized spacial score (nSPS) is 9.85. The van der Waals surface area contributed by atoms with Crippen molar-refractivity contribution >= 4 is 0 Å². The predicted octanol–water partition coefficient (Wildman–Crippen LogP) is 2.31. The summed E-state index contributed by atoms with van der Waals surface area (Å²) in [7, 11) is 2.74. The van der Waals surface area contributed by atoms with Crippen LogP contribution in [0.3, 0.4) is 0 Å². The number of alkyl halides is 1. The van der Waals surface area contributed by atoms with Gasteiger partial charge in [0.2, 0.25) is 0 Å². The molecule has 0 radical (unpaired) electrons. The number of ether oxygens (including phenoxy) is 2. The lowest BCUT2D eigenvalue weighted by Crippen LogP contribution is -1.95. The fourth-order valence-corrected chi connectivity index (χ4v) is 0.991. The van der Waals surface area contributed by atoms with Gasteiger partial charge in [0, 0.05) is 11.6 Å². The van der Waals surface area contributed by atoms with Gasteiger partial charge < -0.3 is 9.47 Å². The Bertz CT molecular complexity index is 275. The number of hydrogen-bond donors (Lipinski definition) is 0.